The molecule has 1 rings (SSSR count). The van der Waals surface area contributed by atoms with Gasteiger partial charge in [-0.3, -0.25) is 0 Å². The number of nitriles is 1. The molecule has 0 aliphatic carbocycles. The molecule has 1 aromatic carbocycles. The summed E-state index contributed by atoms with van der Waals surface area (Å²) in [6.07, 6.45) is 8.13. The molecule has 2 heteroatoms. The molecule has 0 aromatic heterocycles. The molecule has 102 valence electrons. The van der Waals surface area contributed by atoms with Gasteiger partial charge in [-0.15, -0.1) is 0 Å². The standard InChI is InChI=1S/C17H23NO/c1-3-4-5-6-7-12-19-17-10-8-16(9-11-17)13-15(2)14-18/h8-11,13H,3-7,12H2,1-2H3/b15-13-. The van der Waals surface area contributed by atoms with E-state index in [1.54, 1.807) is 6.92 Å². The van der Waals surface area contributed by atoms with Crippen LogP contribution in [0.5, 0.6) is 5.75 Å². The highest BCUT2D eigenvalue weighted by atomic mass is 16.5. The largest absolute Gasteiger partial charge is 0.494 e. The molecule has 0 saturated carbocycles. The van der Waals surface area contributed by atoms with Gasteiger partial charge in [0.2, 0.25) is 0 Å². The van der Waals surface area contributed by atoms with E-state index in [9.17, 15) is 0 Å². The molecule has 0 heterocycles. The number of hydrogen-bond donors (Lipinski definition) is 0. The zero-order valence-corrected chi connectivity index (χ0v) is 12.0. The fourth-order valence-electron chi connectivity index (χ4n) is 1.84. The second kappa shape index (κ2) is 9.22. The summed E-state index contributed by atoms with van der Waals surface area (Å²) in [7, 11) is 0. The van der Waals surface area contributed by atoms with Crippen LogP contribution in [-0.4, -0.2) is 6.61 Å². The Bertz CT molecular complexity index is 426. The lowest BCUT2D eigenvalue weighted by Crippen LogP contribution is -1.97. The molecule has 0 spiro atoms. The molecule has 0 radical (unpaired) electrons. The van der Waals surface area contributed by atoms with Crippen LogP contribution in [-0.2, 0) is 0 Å². The molecule has 2 nitrogen and oxygen atoms in total. The highest BCUT2D eigenvalue weighted by Gasteiger charge is 1.95. The van der Waals surface area contributed by atoms with Crippen LogP contribution in [0.3, 0.4) is 0 Å². The Labute approximate surface area is 116 Å². The summed E-state index contributed by atoms with van der Waals surface area (Å²) in [4.78, 5) is 0. The molecule has 19 heavy (non-hydrogen) atoms. The predicted octanol–water partition coefficient (Wildman–Crippen LogP) is 4.96. The molecule has 0 aliphatic heterocycles. The second-order valence-corrected chi connectivity index (χ2v) is 4.77. The Morgan fingerprint density at radius 2 is 1.84 bits per heavy atom. The summed E-state index contributed by atoms with van der Waals surface area (Å²) in [5, 5.41) is 8.71. The highest BCUT2D eigenvalue weighted by molar-refractivity contribution is 5.56. The summed E-state index contributed by atoms with van der Waals surface area (Å²) in [6.45, 7) is 4.82. The van der Waals surface area contributed by atoms with Crippen molar-refractivity contribution in [1.82, 2.24) is 0 Å². The summed E-state index contributed by atoms with van der Waals surface area (Å²) in [5.74, 6) is 0.905. The van der Waals surface area contributed by atoms with Crippen molar-refractivity contribution in [3.05, 3.63) is 35.4 Å². The van der Waals surface area contributed by atoms with E-state index in [1.165, 1.54) is 25.7 Å². The summed E-state index contributed by atoms with van der Waals surface area (Å²) in [6, 6.07) is 10.00. The van der Waals surface area contributed by atoms with E-state index >= 15 is 0 Å². The number of benzene rings is 1. The van der Waals surface area contributed by atoms with Crippen LogP contribution in [0, 0.1) is 11.3 Å². The van der Waals surface area contributed by atoms with Crippen LogP contribution in [0.1, 0.15) is 51.5 Å². The van der Waals surface area contributed by atoms with E-state index in [2.05, 4.69) is 13.0 Å². The van der Waals surface area contributed by atoms with Crippen molar-refractivity contribution in [3.63, 3.8) is 0 Å². The first-order valence-electron chi connectivity index (χ1n) is 7.07. The fraction of sp³-hybridized carbons (Fsp3) is 0.471. The fourth-order valence-corrected chi connectivity index (χ4v) is 1.84. The van der Waals surface area contributed by atoms with Gasteiger partial charge in [-0.2, -0.15) is 5.26 Å². The van der Waals surface area contributed by atoms with Crippen molar-refractivity contribution >= 4 is 6.08 Å². The van der Waals surface area contributed by atoms with E-state index in [-0.39, 0.29) is 0 Å². The van der Waals surface area contributed by atoms with Gasteiger partial charge in [0.15, 0.2) is 0 Å². The van der Waals surface area contributed by atoms with Gasteiger partial charge in [-0.1, -0.05) is 44.7 Å². The van der Waals surface area contributed by atoms with E-state index in [4.69, 9.17) is 10.00 Å². The topological polar surface area (TPSA) is 33.0 Å². The molecule has 0 saturated heterocycles. The third-order valence-corrected chi connectivity index (χ3v) is 2.96. The van der Waals surface area contributed by atoms with Crippen molar-refractivity contribution in [2.75, 3.05) is 6.61 Å². The van der Waals surface area contributed by atoms with E-state index in [0.717, 1.165) is 24.3 Å². The number of unbranched alkanes of at least 4 members (excludes halogenated alkanes) is 4. The predicted molar refractivity (Wildman–Crippen MR) is 80.0 cm³/mol. The maximum Gasteiger partial charge on any atom is 0.119 e. The molecule has 0 amide bonds. The number of nitrogens with zero attached hydrogens (tertiary/aromatic N) is 1. The van der Waals surface area contributed by atoms with Gasteiger partial charge < -0.3 is 4.74 Å². The molecular formula is C17H23NO. The smallest absolute Gasteiger partial charge is 0.119 e. The van der Waals surface area contributed by atoms with Gasteiger partial charge in [-0.05, 0) is 37.1 Å². The quantitative estimate of drug-likeness (QED) is 0.487. The van der Waals surface area contributed by atoms with Crippen LogP contribution < -0.4 is 4.74 Å². The third kappa shape index (κ3) is 6.67. The summed E-state index contributed by atoms with van der Waals surface area (Å²) < 4.78 is 5.69. The van der Waals surface area contributed by atoms with Crippen LogP contribution >= 0.6 is 0 Å². The SMILES string of the molecule is CCCCCCCOc1ccc(/C=C(/C)C#N)cc1. The van der Waals surface area contributed by atoms with Gasteiger partial charge >= 0.3 is 0 Å². The lowest BCUT2D eigenvalue weighted by atomic mass is 10.1. The molecule has 0 atom stereocenters. The zero-order valence-electron chi connectivity index (χ0n) is 12.0. The first kappa shape index (κ1) is 15.3. The molecule has 0 aliphatic rings. The Balaban J connectivity index is 2.31. The maximum atomic E-state index is 8.71. The van der Waals surface area contributed by atoms with Gasteiger partial charge in [0.1, 0.15) is 5.75 Å². The van der Waals surface area contributed by atoms with Gasteiger partial charge in [0, 0.05) is 5.57 Å². The van der Waals surface area contributed by atoms with Crippen molar-refractivity contribution in [2.45, 2.75) is 46.0 Å². The van der Waals surface area contributed by atoms with Gasteiger partial charge in [0.05, 0.1) is 12.7 Å². The van der Waals surface area contributed by atoms with Crippen molar-refractivity contribution in [1.29, 1.82) is 5.26 Å². The van der Waals surface area contributed by atoms with Crippen molar-refractivity contribution in [3.8, 4) is 11.8 Å². The number of rotatable bonds is 8. The van der Waals surface area contributed by atoms with E-state index in [1.807, 2.05) is 30.3 Å². The number of hydrogen-bond acceptors (Lipinski definition) is 2. The van der Waals surface area contributed by atoms with Crippen molar-refractivity contribution in [2.24, 2.45) is 0 Å². The first-order valence-corrected chi connectivity index (χ1v) is 7.07. The van der Waals surface area contributed by atoms with Crippen LogP contribution in [0.15, 0.2) is 29.8 Å². The summed E-state index contributed by atoms with van der Waals surface area (Å²) in [5.41, 5.74) is 1.75. The molecular weight excluding hydrogens is 234 g/mol. The van der Waals surface area contributed by atoms with E-state index < -0.39 is 0 Å². The average molecular weight is 257 g/mol. The van der Waals surface area contributed by atoms with Crippen LogP contribution in [0.25, 0.3) is 6.08 Å². The van der Waals surface area contributed by atoms with Gasteiger partial charge in [-0.25, -0.2) is 0 Å². The normalized spacial score (nSPS) is 11.1. The van der Waals surface area contributed by atoms with Gasteiger partial charge in [0.25, 0.3) is 0 Å². The molecule has 1 aromatic rings. The number of ether oxygens (including phenoxy) is 1. The Kier molecular flexibility index (Phi) is 7.43. The molecule has 0 bridgehead atoms. The van der Waals surface area contributed by atoms with Crippen LogP contribution in [0.4, 0.5) is 0 Å². The minimum absolute atomic E-state index is 0.713. The highest BCUT2D eigenvalue weighted by Crippen LogP contribution is 2.15. The number of allylic oxidation sites excluding steroid dienone is 1. The Morgan fingerprint density at radius 1 is 1.16 bits per heavy atom. The monoisotopic (exact) mass is 257 g/mol. The zero-order chi connectivity index (χ0) is 13.9. The minimum Gasteiger partial charge on any atom is -0.494 e. The summed E-state index contributed by atoms with van der Waals surface area (Å²) >= 11 is 0. The Hall–Kier alpha value is -1.75. The molecule has 0 N–H and O–H groups in total. The van der Waals surface area contributed by atoms with Crippen molar-refractivity contribution < 1.29 is 4.74 Å². The lowest BCUT2D eigenvalue weighted by Gasteiger charge is -2.06. The van der Waals surface area contributed by atoms with Crippen LogP contribution in [0.2, 0.25) is 0 Å². The second-order valence-electron chi connectivity index (χ2n) is 4.77. The maximum absolute atomic E-state index is 8.71. The van der Waals surface area contributed by atoms with E-state index in [0.29, 0.717) is 5.57 Å². The minimum atomic E-state index is 0.713. The third-order valence-electron chi connectivity index (χ3n) is 2.96. The Morgan fingerprint density at radius 3 is 2.47 bits per heavy atom. The first-order chi connectivity index (χ1) is 9.26. The average Bonchev–Trinajstić information content (AvgIpc) is 2.44. The molecule has 0 fully saturated rings. The lowest BCUT2D eigenvalue weighted by molar-refractivity contribution is 0.304. The molecule has 0 unspecified atom stereocenters.